The number of rotatable bonds is 4. The van der Waals surface area contributed by atoms with Crippen molar-refractivity contribution in [3.05, 3.63) is 64.7 Å². The van der Waals surface area contributed by atoms with Crippen LogP contribution in [0.1, 0.15) is 22.3 Å². The van der Waals surface area contributed by atoms with Crippen LogP contribution in [0.4, 0.5) is 0 Å². The van der Waals surface area contributed by atoms with Crippen LogP contribution >= 0.6 is 0 Å². The molecule has 19 heavy (non-hydrogen) atoms. The van der Waals surface area contributed by atoms with E-state index in [0.29, 0.717) is 6.61 Å². The van der Waals surface area contributed by atoms with Crippen LogP contribution in [-0.2, 0) is 6.61 Å². The van der Waals surface area contributed by atoms with Gasteiger partial charge in [-0.3, -0.25) is 5.41 Å². The Kier molecular flexibility index (Phi) is 3.85. The molecule has 3 N–H and O–H groups in total. The monoisotopic (exact) mass is 254 g/mol. The molecule has 0 fully saturated rings. The molecular weight excluding hydrogens is 236 g/mol. The molecule has 0 aliphatic rings. The average molecular weight is 254 g/mol. The summed E-state index contributed by atoms with van der Waals surface area (Å²) >= 11 is 0. The largest absolute Gasteiger partial charge is 0.489 e. The van der Waals surface area contributed by atoms with Crippen molar-refractivity contribution in [3.8, 4) is 5.75 Å². The first-order valence-corrected chi connectivity index (χ1v) is 6.19. The normalized spacial score (nSPS) is 10.2. The maximum Gasteiger partial charge on any atom is 0.122 e. The van der Waals surface area contributed by atoms with Gasteiger partial charge in [0.25, 0.3) is 0 Å². The second-order valence-corrected chi connectivity index (χ2v) is 4.65. The second kappa shape index (κ2) is 5.57. The fourth-order valence-electron chi connectivity index (χ4n) is 1.75. The molecule has 3 nitrogen and oxygen atoms in total. The number of ether oxygens (including phenoxy) is 1. The minimum atomic E-state index is 0.0848. The lowest BCUT2D eigenvalue weighted by atomic mass is 10.1. The van der Waals surface area contributed by atoms with E-state index in [4.69, 9.17) is 15.9 Å². The summed E-state index contributed by atoms with van der Waals surface area (Å²) in [4.78, 5) is 0. The van der Waals surface area contributed by atoms with Gasteiger partial charge in [-0.25, -0.2) is 0 Å². The van der Waals surface area contributed by atoms with E-state index in [9.17, 15) is 0 Å². The van der Waals surface area contributed by atoms with Gasteiger partial charge in [-0.15, -0.1) is 0 Å². The molecule has 0 saturated carbocycles. The lowest BCUT2D eigenvalue weighted by Gasteiger charge is -2.09. The van der Waals surface area contributed by atoms with Crippen LogP contribution < -0.4 is 10.5 Å². The topological polar surface area (TPSA) is 59.1 Å². The van der Waals surface area contributed by atoms with Crippen molar-refractivity contribution in [2.75, 3.05) is 0 Å². The van der Waals surface area contributed by atoms with Crippen molar-refractivity contribution < 1.29 is 4.74 Å². The first-order valence-electron chi connectivity index (χ1n) is 6.19. The average Bonchev–Trinajstić information content (AvgIpc) is 2.40. The molecule has 2 rings (SSSR count). The molecular formula is C16H18N2O. The van der Waals surface area contributed by atoms with Gasteiger partial charge >= 0.3 is 0 Å². The molecule has 98 valence electrons. The third-order valence-electron chi connectivity index (χ3n) is 3.15. The van der Waals surface area contributed by atoms with E-state index < -0.39 is 0 Å². The van der Waals surface area contributed by atoms with Gasteiger partial charge in [0.2, 0.25) is 0 Å². The van der Waals surface area contributed by atoms with Crippen molar-refractivity contribution in [3.63, 3.8) is 0 Å². The molecule has 0 amide bonds. The summed E-state index contributed by atoms with van der Waals surface area (Å²) in [5.41, 5.74) is 9.69. The van der Waals surface area contributed by atoms with Crippen molar-refractivity contribution in [1.82, 2.24) is 0 Å². The minimum absolute atomic E-state index is 0.0848. The van der Waals surface area contributed by atoms with Gasteiger partial charge in [-0.1, -0.05) is 30.3 Å². The fraction of sp³-hybridized carbons (Fsp3) is 0.188. The minimum Gasteiger partial charge on any atom is -0.489 e. The molecule has 0 spiro atoms. The van der Waals surface area contributed by atoms with Gasteiger partial charge in [0.05, 0.1) is 0 Å². The van der Waals surface area contributed by atoms with Crippen LogP contribution in [0, 0.1) is 19.3 Å². The summed E-state index contributed by atoms with van der Waals surface area (Å²) in [6.07, 6.45) is 0. The Morgan fingerprint density at radius 3 is 2.32 bits per heavy atom. The van der Waals surface area contributed by atoms with E-state index in [1.807, 2.05) is 36.4 Å². The molecule has 2 aromatic rings. The van der Waals surface area contributed by atoms with Gasteiger partial charge in [-0.05, 0) is 42.7 Å². The third-order valence-corrected chi connectivity index (χ3v) is 3.15. The van der Waals surface area contributed by atoms with Crippen LogP contribution in [0.25, 0.3) is 0 Å². The molecule has 0 aliphatic carbocycles. The zero-order chi connectivity index (χ0) is 13.8. The highest BCUT2D eigenvalue weighted by molar-refractivity contribution is 5.94. The third kappa shape index (κ3) is 3.35. The quantitative estimate of drug-likeness (QED) is 0.650. The van der Waals surface area contributed by atoms with Gasteiger partial charge in [0.15, 0.2) is 0 Å². The van der Waals surface area contributed by atoms with E-state index in [1.54, 1.807) is 0 Å². The maximum absolute atomic E-state index is 7.33. The Morgan fingerprint density at radius 1 is 1.05 bits per heavy atom. The van der Waals surface area contributed by atoms with Crippen LogP contribution in [0.3, 0.4) is 0 Å². The molecule has 0 atom stereocenters. The lowest BCUT2D eigenvalue weighted by molar-refractivity contribution is 0.306. The van der Waals surface area contributed by atoms with E-state index in [-0.39, 0.29) is 5.84 Å². The van der Waals surface area contributed by atoms with Crippen molar-refractivity contribution >= 4 is 5.84 Å². The molecule has 0 saturated heterocycles. The molecule has 3 heteroatoms. The number of aryl methyl sites for hydroxylation is 2. The molecule has 0 aromatic heterocycles. The number of nitrogens with two attached hydrogens (primary N) is 1. The van der Waals surface area contributed by atoms with Gasteiger partial charge in [-0.2, -0.15) is 0 Å². The fourth-order valence-corrected chi connectivity index (χ4v) is 1.75. The van der Waals surface area contributed by atoms with Crippen molar-refractivity contribution in [2.24, 2.45) is 5.73 Å². The maximum atomic E-state index is 7.33. The van der Waals surface area contributed by atoms with E-state index in [2.05, 4.69) is 19.9 Å². The zero-order valence-electron chi connectivity index (χ0n) is 11.2. The number of hydrogen-bond acceptors (Lipinski definition) is 2. The number of nitrogen functional groups attached to an aromatic ring is 1. The Labute approximate surface area is 113 Å². The van der Waals surface area contributed by atoms with E-state index in [1.165, 1.54) is 11.1 Å². The van der Waals surface area contributed by atoms with E-state index in [0.717, 1.165) is 16.9 Å². The molecule has 2 aromatic carbocycles. The number of hydrogen-bond donors (Lipinski definition) is 2. The Balaban J connectivity index is 2.01. The zero-order valence-corrected chi connectivity index (χ0v) is 11.2. The summed E-state index contributed by atoms with van der Waals surface area (Å²) in [7, 11) is 0. The first kappa shape index (κ1) is 13.1. The Bertz CT molecular complexity index is 588. The Hall–Kier alpha value is -2.29. The standard InChI is InChI=1S/C16H18N2O/c1-11-3-8-15(9-12(11)2)19-10-13-4-6-14(7-5-13)16(17)18/h3-9H,10H2,1-2H3,(H3,17,18). The molecule has 0 radical (unpaired) electrons. The molecule has 0 aliphatic heterocycles. The number of nitrogens with one attached hydrogen (secondary N) is 1. The summed E-state index contributed by atoms with van der Waals surface area (Å²) in [5, 5.41) is 7.33. The van der Waals surface area contributed by atoms with E-state index >= 15 is 0 Å². The van der Waals surface area contributed by atoms with Crippen LogP contribution in [0.15, 0.2) is 42.5 Å². The highest BCUT2D eigenvalue weighted by Crippen LogP contribution is 2.17. The first-order chi connectivity index (χ1) is 9.06. The van der Waals surface area contributed by atoms with Crippen LogP contribution in [0.2, 0.25) is 0 Å². The van der Waals surface area contributed by atoms with Crippen molar-refractivity contribution in [1.29, 1.82) is 5.41 Å². The van der Waals surface area contributed by atoms with Gasteiger partial charge < -0.3 is 10.5 Å². The van der Waals surface area contributed by atoms with Gasteiger partial charge in [0, 0.05) is 5.56 Å². The molecule has 0 bridgehead atoms. The van der Waals surface area contributed by atoms with Crippen LogP contribution in [0.5, 0.6) is 5.75 Å². The lowest BCUT2D eigenvalue weighted by Crippen LogP contribution is -2.10. The van der Waals surface area contributed by atoms with Crippen molar-refractivity contribution in [2.45, 2.75) is 20.5 Å². The smallest absolute Gasteiger partial charge is 0.122 e. The highest BCUT2D eigenvalue weighted by Gasteiger charge is 2.00. The summed E-state index contributed by atoms with van der Waals surface area (Å²) in [6, 6.07) is 13.6. The predicted octanol–water partition coefficient (Wildman–Crippen LogP) is 3.17. The molecule has 0 unspecified atom stereocenters. The second-order valence-electron chi connectivity index (χ2n) is 4.65. The number of amidine groups is 1. The Morgan fingerprint density at radius 2 is 1.74 bits per heavy atom. The number of benzene rings is 2. The summed E-state index contributed by atoms with van der Waals surface area (Å²) in [6.45, 7) is 4.67. The van der Waals surface area contributed by atoms with Crippen LogP contribution in [-0.4, -0.2) is 5.84 Å². The van der Waals surface area contributed by atoms with Gasteiger partial charge in [0.1, 0.15) is 18.2 Å². The highest BCUT2D eigenvalue weighted by atomic mass is 16.5. The summed E-state index contributed by atoms with van der Waals surface area (Å²) in [5.74, 6) is 0.959. The SMILES string of the molecule is Cc1ccc(OCc2ccc(C(=N)N)cc2)cc1C. The molecule has 0 heterocycles. The predicted molar refractivity (Wildman–Crippen MR) is 77.7 cm³/mol. The summed E-state index contributed by atoms with van der Waals surface area (Å²) < 4.78 is 5.74.